The molecule has 0 aliphatic heterocycles. The van der Waals surface area contributed by atoms with Crippen LogP contribution < -0.4 is 30.2 Å². The predicted molar refractivity (Wildman–Crippen MR) is 195 cm³/mol. The average Bonchev–Trinajstić information content (AvgIpc) is 3.59. The molecule has 0 fully saturated rings. The zero-order valence-electron chi connectivity index (χ0n) is 26.6. The fourth-order valence-electron chi connectivity index (χ4n) is 4.54. The summed E-state index contributed by atoms with van der Waals surface area (Å²) in [6.45, 7) is 0. The highest BCUT2D eigenvalue weighted by atomic mass is 35.5. The summed E-state index contributed by atoms with van der Waals surface area (Å²) >= 11 is 8.61. The Kier molecular flexibility index (Phi) is 11.9. The second-order valence-electron chi connectivity index (χ2n) is 10.2. The number of thiazole rings is 1. The van der Waals surface area contributed by atoms with Crippen molar-refractivity contribution in [2.45, 2.75) is 4.90 Å². The SMILES string of the molecule is COc1cc(/C=C(/NC(=O)c2ccccc2)C(=O)Nc2cccc(SCC(=O)Nc3nc(-c4ccc(Cl)cc4)cs3)c2)cc(OC)c1OC. The number of amides is 3. The maximum atomic E-state index is 13.7. The standard InChI is InChI=1S/C36H31ClN4O6S2/c1-45-30-17-22(18-31(46-2)33(30)47-3)16-28(39-34(43)24-8-5-4-6-9-24)35(44)38-26-10-7-11-27(19-26)48-21-32(42)41-36-40-29(20-49-36)23-12-14-25(37)15-13-23/h4-20H,21H2,1-3H3,(H,38,44)(H,39,43)(H,40,41,42)/b28-16+. The molecular formula is C36H31ClN4O6S2. The molecule has 0 atom stereocenters. The first kappa shape index (κ1) is 35.0. The van der Waals surface area contributed by atoms with Crippen LogP contribution in [0.15, 0.2) is 107 Å². The van der Waals surface area contributed by atoms with E-state index in [1.54, 1.807) is 72.8 Å². The van der Waals surface area contributed by atoms with Gasteiger partial charge in [0.25, 0.3) is 11.8 Å². The largest absolute Gasteiger partial charge is 0.493 e. The molecule has 3 N–H and O–H groups in total. The number of carbonyl (C=O) groups excluding carboxylic acids is 3. The van der Waals surface area contributed by atoms with Crippen LogP contribution in [0.1, 0.15) is 15.9 Å². The van der Waals surface area contributed by atoms with Gasteiger partial charge in [0.05, 0.1) is 32.8 Å². The van der Waals surface area contributed by atoms with Crippen LogP contribution in [0.2, 0.25) is 5.02 Å². The van der Waals surface area contributed by atoms with Crippen LogP contribution in [-0.2, 0) is 9.59 Å². The van der Waals surface area contributed by atoms with Crippen LogP contribution in [0, 0.1) is 0 Å². The maximum absolute atomic E-state index is 13.7. The van der Waals surface area contributed by atoms with Crippen LogP contribution in [0.25, 0.3) is 17.3 Å². The van der Waals surface area contributed by atoms with Gasteiger partial charge in [-0.25, -0.2) is 4.98 Å². The number of methoxy groups -OCH3 is 3. The summed E-state index contributed by atoms with van der Waals surface area (Å²) < 4.78 is 16.3. The summed E-state index contributed by atoms with van der Waals surface area (Å²) in [6.07, 6.45) is 1.51. The minimum absolute atomic E-state index is 0.0259. The molecule has 0 saturated heterocycles. The van der Waals surface area contributed by atoms with Gasteiger partial charge in [0.2, 0.25) is 11.7 Å². The van der Waals surface area contributed by atoms with Crippen LogP contribution in [0.4, 0.5) is 10.8 Å². The van der Waals surface area contributed by atoms with Crippen molar-refractivity contribution < 1.29 is 28.6 Å². The lowest BCUT2D eigenvalue weighted by Crippen LogP contribution is -2.30. The van der Waals surface area contributed by atoms with Crippen molar-refractivity contribution in [2.75, 3.05) is 37.7 Å². The van der Waals surface area contributed by atoms with Gasteiger partial charge in [0.1, 0.15) is 5.70 Å². The van der Waals surface area contributed by atoms with E-state index in [0.29, 0.717) is 44.2 Å². The van der Waals surface area contributed by atoms with Gasteiger partial charge in [-0.15, -0.1) is 23.1 Å². The fourth-order valence-corrected chi connectivity index (χ4v) is 6.16. The van der Waals surface area contributed by atoms with E-state index in [1.807, 2.05) is 23.6 Å². The Labute approximate surface area is 296 Å². The summed E-state index contributed by atoms with van der Waals surface area (Å²) in [4.78, 5) is 44.7. The van der Waals surface area contributed by atoms with Gasteiger partial charge in [-0.05, 0) is 66.2 Å². The van der Waals surface area contributed by atoms with E-state index in [4.69, 9.17) is 25.8 Å². The number of nitrogens with one attached hydrogen (secondary N) is 3. The molecule has 5 rings (SSSR count). The van der Waals surface area contributed by atoms with E-state index >= 15 is 0 Å². The first-order valence-electron chi connectivity index (χ1n) is 14.7. The normalized spacial score (nSPS) is 11.0. The quantitative estimate of drug-likeness (QED) is 0.0840. The van der Waals surface area contributed by atoms with E-state index in [9.17, 15) is 14.4 Å². The number of benzene rings is 4. The van der Waals surface area contributed by atoms with Crippen molar-refractivity contribution >= 4 is 69.3 Å². The number of hydrogen-bond donors (Lipinski definition) is 3. The van der Waals surface area contributed by atoms with E-state index < -0.39 is 11.8 Å². The van der Waals surface area contributed by atoms with E-state index in [-0.39, 0.29) is 17.4 Å². The van der Waals surface area contributed by atoms with Crippen molar-refractivity contribution in [1.29, 1.82) is 0 Å². The van der Waals surface area contributed by atoms with Crippen molar-refractivity contribution in [3.63, 3.8) is 0 Å². The smallest absolute Gasteiger partial charge is 0.272 e. The van der Waals surface area contributed by atoms with E-state index in [0.717, 1.165) is 16.2 Å². The molecule has 0 radical (unpaired) electrons. The van der Waals surface area contributed by atoms with Crippen LogP contribution in [-0.4, -0.2) is 49.8 Å². The third kappa shape index (κ3) is 9.41. The van der Waals surface area contributed by atoms with Gasteiger partial charge in [0.15, 0.2) is 16.6 Å². The Hall–Kier alpha value is -5.30. The average molecular weight is 715 g/mol. The Morgan fingerprint density at radius 3 is 2.24 bits per heavy atom. The van der Waals surface area contributed by atoms with E-state index in [2.05, 4.69) is 20.9 Å². The molecule has 49 heavy (non-hydrogen) atoms. The minimum atomic E-state index is -0.571. The molecule has 0 saturated carbocycles. The highest BCUT2D eigenvalue weighted by molar-refractivity contribution is 8.00. The number of ether oxygens (including phenoxy) is 3. The number of aromatic nitrogens is 1. The number of thioether (sulfide) groups is 1. The van der Waals surface area contributed by atoms with Gasteiger partial charge in [-0.1, -0.05) is 48.0 Å². The third-order valence-corrected chi connectivity index (χ3v) is 8.88. The topological polar surface area (TPSA) is 128 Å². The first-order valence-corrected chi connectivity index (χ1v) is 16.9. The Morgan fingerprint density at radius 1 is 0.857 bits per heavy atom. The predicted octanol–water partition coefficient (Wildman–Crippen LogP) is 7.63. The van der Waals surface area contributed by atoms with Crippen molar-refractivity contribution in [3.05, 3.63) is 118 Å². The minimum Gasteiger partial charge on any atom is -0.493 e. The zero-order chi connectivity index (χ0) is 34.8. The molecule has 4 aromatic carbocycles. The second-order valence-corrected chi connectivity index (χ2v) is 12.5. The molecule has 0 unspecified atom stereocenters. The maximum Gasteiger partial charge on any atom is 0.272 e. The summed E-state index contributed by atoms with van der Waals surface area (Å²) in [6, 6.07) is 26.2. The molecule has 13 heteroatoms. The van der Waals surface area contributed by atoms with Crippen molar-refractivity contribution in [2.24, 2.45) is 0 Å². The number of carbonyl (C=O) groups is 3. The molecule has 10 nitrogen and oxygen atoms in total. The third-order valence-electron chi connectivity index (χ3n) is 6.88. The van der Waals surface area contributed by atoms with Gasteiger partial charge in [0, 0.05) is 32.1 Å². The Bertz CT molecular complexity index is 1960. The summed E-state index contributed by atoms with van der Waals surface area (Å²) in [5.41, 5.74) is 2.97. The highest BCUT2D eigenvalue weighted by Crippen LogP contribution is 2.38. The lowest BCUT2D eigenvalue weighted by molar-refractivity contribution is -0.114. The molecule has 0 aliphatic rings. The molecule has 0 aliphatic carbocycles. The Balaban J connectivity index is 1.29. The number of anilines is 2. The molecule has 5 aromatic rings. The van der Waals surface area contributed by atoms with Gasteiger partial charge in [-0.2, -0.15) is 0 Å². The number of hydrogen-bond acceptors (Lipinski definition) is 9. The van der Waals surface area contributed by atoms with Gasteiger partial charge < -0.3 is 30.2 Å². The molecule has 1 aromatic heterocycles. The zero-order valence-corrected chi connectivity index (χ0v) is 29.0. The number of nitrogens with zero attached hydrogens (tertiary/aromatic N) is 1. The Morgan fingerprint density at radius 2 is 1.57 bits per heavy atom. The number of rotatable bonds is 13. The number of halogens is 1. The van der Waals surface area contributed by atoms with Crippen molar-refractivity contribution in [1.82, 2.24) is 10.3 Å². The molecule has 250 valence electrons. The summed E-state index contributed by atoms with van der Waals surface area (Å²) in [5, 5.41) is 11.4. The second kappa shape index (κ2) is 16.7. The fraction of sp³-hybridized carbons (Fsp3) is 0.111. The monoisotopic (exact) mass is 714 g/mol. The molecular weight excluding hydrogens is 684 g/mol. The lowest BCUT2D eigenvalue weighted by Gasteiger charge is -2.15. The van der Waals surface area contributed by atoms with Crippen molar-refractivity contribution in [3.8, 4) is 28.5 Å². The van der Waals surface area contributed by atoms with E-state index in [1.165, 1.54) is 50.5 Å². The van der Waals surface area contributed by atoms with Crippen LogP contribution in [0.5, 0.6) is 17.2 Å². The van der Waals surface area contributed by atoms with Crippen LogP contribution >= 0.6 is 34.7 Å². The first-order chi connectivity index (χ1) is 23.8. The molecule has 3 amide bonds. The molecule has 0 spiro atoms. The summed E-state index contributed by atoms with van der Waals surface area (Å²) in [7, 11) is 4.47. The lowest BCUT2D eigenvalue weighted by atomic mass is 10.1. The molecule has 1 heterocycles. The molecule has 0 bridgehead atoms. The van der Waals surface area contributed by atoms with Gasteiger partial charge in [-0.3, -0.25) is 14.4 Å². The highest BCUT2D eigenvalue weighted by Gasteiger charge is 2.18. The van der Waals surface area contributed by atoms with Crippen LogP contribution in [0.3, 0.4) is 0 Å². The summed E-state index contributed by atoms with van der Waals surface area (Å²) in [5.74, 6) is 0.00536. The van der Waals surface area contributed by atoms with Gasteiger partial charge >= 0.3 is 0 Å².